The summed E-state index contributed by atoms with van der Waals surface area (Å²) >= 11 is 5.97. The summed E-state index contributed by atoms with van der Waals surface area (Å²) in [5, 5.41) is 20.6. The Morgan fingerprint density at radius 1 is 1.36 bits per heavy atom. The number of amidine groups is 1. The molecule has 0 aliphatic heterocycles. The number of oxazole rings is 1. The molecular weight excluding hydrogens is 340 g/mol. The monoisotopic (exact) mass is 352 g/mol. The molecule has 4 N–H and O–H groups in total. The summed E-state index contributed by atoms with van der Waals surface area (Å²) in [5.41, 5.74) is 11.4. The van der Waals surface area contributed by atoms with Crippen molar-refractivity contribution in [3.05, 3.63) is 47.0 Å². The fourth-order valence-electron chi connectivity index (χ4n) is 2.16. The molecule has 124 valence electrons. The first-order valence-corrected chi connectivity index (χ1v) is 7.61. The molecule has 0 bridgehead atoms. The quantitative estimate of drug-likeness (QED) is 0.375. The van der Waals surface area contributed by atoms with E-state index < -0.39 is 5.84 Å². The van der Waals surface area contributed by atoms with Crippen molar-refractivity contribution in [2.24, 2.45) is 10.8 Å². The van der Waals surface area contributed by atoms with Gasteiger partial charge >= 0.3 is 0 Å². The third kappa shape index (κ3) is 3.44. The number of hydrogen-bond donors (Lipinski definition) is 3. The normalized spacial score (nSPS) is 11.3. The van der Waals surface area contributed by atoms with Gasteiger partial charge in [-0.15, -0.1) is 0 Å². The van der Waals surface area contributed by atoms with E-state index in [0.717, 1.165) is 11.1 Å². The standard InChI is InChI=1S/C17H13ClN6O/c1-9-2-3-10(6-12(9)23-24-14(8-19)16(20)21)17-22-13-7-11(18)4-5-15(13)25-17/h2-7,23H,1H3,(H3,20,21)/b24-14+. The van der Waals surface area contributed by atoms with Crippen molar-refractivity contribution in [3.63, 3.8) is 0 Å². The Labute approximate surface area is 148 Å². The molecule has 3 rings (SSSR count). The summed E-state index contributed by atoms with van der Waals surface area (Å²) in [5.74, 6) is 0.0380. The van der Waals surface area contributed by atoms with Crippen LogP contribution in [0.4, 0.5) is 5.69 Å². The van der Waals surface area contributed by atoms with Crippen LogP contribution in [0.1, 0.15) is 5.56 Å². The van der Waals surface area contributed by atoms with Crippen molar-refractivity contribution in [1.82, 2.24) is 4.98 Å². The molecule has 0 aliphatic rings. The molecule has 2 aromatic carbocycles. The number of aryl methyl sites for hydroxylation is 1. The van der Waals surface area contributed by atoms with Crippen molar-refractivity contribution in [1.29, 1.82) is 10.7 Å². The molecule has 0 unspecified atom stereocenters. The van der Waals surface area contributed by atoms with Crippen LogP contribution in [0, 0.1) is 23.7 Å². The number of anilines is 1. The smallest absolute Gasteiger partial charge is 0.227 e. The van der Waals surface area contributed by atoms with Crippen molar-refractivity contribution in [2.75, 3.05) is 5.43 Å². The predicted octanol–water partition coefficient (Wildman–Crippen LogP) is 3.68. The fourth-order valence-corrected chi connectivity index (χ4v) is 2.33. The summed E-state index contributed by atoms with van der Waals surface area (Å²) in [6.45, 7) is 1.88. The fraction of sp³-hybridized carbons (Fsp3) is 0.0588. The molecule has 0 saturated carbocycles. The highest BCUT2D eigenvalue weighted by atomic mass is 35.5. The van der Waals surface area contributed by atoms with Crippen molar-refractivity contribution in [3.8, 4) is 17.5 Å². The number of fused-ring (bicyclic) bond motifs is 1. The highest BCUT2D eigenvalue weighted by Gasteiger charge is 2.11. The van der Waals surface area contributed by atoms with E-state index in [1.54, 1.807) is 30.3 Å². The molecule has 0 spiro atoms. The van der Waals surface area contributed by atoms with Gasteiger partial charge in [0, 0.05) is 10.6 Å². The largest absolute Gasteiger partial charge is 0.436 e. The maximum Gasteiger partial charge on any atom is 0.227 e. The Morgan fingerprint density at radius 2 is 2.16 bits per heavy atom. The van der Waals surface area contributed by atoms with Gasteiger partial charge in [-0.3, -0.25) is 10.8 Å². The number of halogens is 1. The first kappa shape index (κ1) is 16.5. The molecule has 7 nitrogen and oxygen atoms in total. The number of rotatable bonds is 4. The summed E-state index contributed by atoms with van der Waals surface area (Å²) in [6.07, 6.45) is 0. The lowest BCUT2D eigenvalue weighted by atomic mass is 10.1. The van der Waals surface area contributed by atoms with Crippen molar-refractivity contribution >= 4 is 39.9 Å². The van der Waals surface area contributed by atoms with Gasteiger partial charge in [-0.25, -0.2) is 4.98 Å². The van der Waals surface area contributed by atoms with Crippen LogP contribution in [0.5, 0.6) is 0 Å². The molecule has 0 radical (unpaired) electrons. The molecule has 25 heavy (non-hydrogen) atoms. The number of nitriles is 1. The zero-order valence-corrected chi connectivity index (χ0v) is 13.9. The summed E-state index contributed by atoms with van der Waals surface area (Å²) in [4.78, 5) is 4.43. The number of benzene rings is 2. The van der Waals surface area contributed by atoms with Gasteiger partial charge in [0.25, 0.3) is 0 Å². The van der Waals surface area contributed by atoms with E-state index in [4.69, 9.17) is 32.4 Å². The molecule has 0 aliphatic carbocycles. The number of hydrazone groups is 1. The second-order valence-electron chi connectivity index (χ2n) is 5.26. The van der Waals surface area contributed by atoms with Crippen LogP contribution in [0.3, 0.4) is 0 Å². The van der Waals surface area contributed by atoms with Crippen LogP contribution in [0.15, 0.2) is 45.9 Å². The SMILES string of the molecule is Cc1ccc(-c2nc3cc(Cl)ccc3o2)cc1N/N=C(\C#N)C(=N)N. The van der Waals surface area contributed by atoms with E-state index in [1.165, 1.54) is 0 Å². The zero-order valence-electron chi connectivity index (χ0n) is 13.2. The minimum atomic E-state index is -0.403. The summed E-state index contributed by atoms with van der Waals surface area (Å²) in [6, 6.07) is 12.5. The van der Waals surface area contributed by atoms with Gasteiger partial charge < -0.3 is 10.2 Å². The molecule has 0 fully saturated rings. The van der Waals surface area contributed by atoms with Crippen LogP contribution < -0.4 is 11.2 Å². The van der Waals surface area contributed by atoms with Gasteiger partial charge in [0.2, 0.25) is 11.6 Å². The van der Waals surface area contributed by atoms with Gasteiger partial charge in [-0.05, 0) is 42.8 Å². The lowest BCUT2D eigenvalue weighted by molar-refractivity contribution is 0.620. The molecule has 1 aromatic heterocycles. The molecule has 0 saturated heterocycles. The lowest BCUT2D eigenvalue weighted by Gasteiger charge is -2.07. The van der Waals surface area contributed by atoms with Crippen LogP contribution >= 0.6 is 11.6 Å². The van der Waals surface area contributed by atoms with E-state index in [-0.39, 0.29) is 5.71 Å². The maximum atomic E-state index is 8.90. The van der Waals surface area contributed by atoms with E-state index in [1.807, 2.05) is 19.1 Å². The second kappa shape index (κ2) is 6.63. The van der Waals surface area contributed by atoms with E-state index >= 15 is 0 Å². The first-order chi connectivity index (χ1) is 12.0. The van der Waals surface area contributed by atoms with E-state index in [0.29, 0.717) is 27.7 Å². The third-order valence-corrected chi connectivity index (χ3v) is 3.72. The number of nitrogens with zero attached hydrogens (tertiary/aromatic N) is 3. The molecule has 8 heteroatoms. The molecule has 3 aromatic rings. The Kier molecular flexibility index (Phi) is 4.37. The molecular formula is C17H13ClN6O. The van der Waals surface area contributed by atoms with Gasteiger partial charge in [0.05, 0.1) is 5.69 Å². The van der Waals surface area contributed by atoms with Gasteiger partial charge in [0.15, 0.2) is 11.4 Å². The number of hydrogen-bond acceptors (Lipinski definition) is 6. The first-order valence-electron chi connectivity index (χ1n) is 7.23. The molecule has 0 amide bonds. The van der Waals surface area contributed by atoms with Gasteiger partial charge in [0.1, 0.15) is 11.6 Å². The topological polar surface area (TPSA) is 124 Å². The lowest BCUT2D eigenvalue weighted by Crippen LogP contribution is -2.21. The van der Waals surface area contributed by atoms with Crippen LogP contribution in [-0.4, -0.2) is 16.5 Å². The van der Waals surface area contributed by atoms with Crippen LogP contribution in [-0.2, 0) is 0 Å². The highest BCUT2D eigenvalue weighted by molar-refractivity contribution is 6.45. The summed E-state index contributed by atoms with van der Waals surface area (Å²) < 4.78 is 5.75. The van der Waals surface area contributed by atoms with E-state index in [2.05, 4.69) is 15.5 Å². The van der Waals surface area contributed by atoms with Crippen molar-refractivity contribution in [2.45, 2.75) is 6.92 Å². The number of aromatic nitrogens is 1. The van der Waals surface area contributed by atoms with Crippen LogP contribution in [0.2, 0.25) is 5.02 Å². The summed E-state index contributed by atoms with van der Waals surface area (Å²) in [7, 11) is 0. The van der Waals surface area contributed by atoms with Gasteiger partial charge in [-0.2, -0.15) is 10.4 Å². The highest BCUT2D eigenvalue weighted by Crippen LogP contribution is 2.29. The Balaban J connectivity index is 1.98. The average molecular weight is 353 g/mol. The minimum Gasteiger partial charge on any atom is -0.436 e. The predicted molar refractivity (Wildman–Crippen MR) is 97.8 cm³/mol. The van der Waals surface area contributed by atoms with E-state index in [9.17, 15) is 0 Å². The Hall–Kier alpha value is -3.37. The van der Waals surface area contributed by atoms with Gasteiger partial charge in [-0.1, -0.05) is 17.7 Å². The Bertz CT molecular complexity index is 1050. The van der Waals surface area contributed by atoms with Crippen molar-refractivity contribution < 1.29 is 4.42 Å². The number of nitrogens with one attached hydrogen (secondary N) is 2. The molecule has 0 atom stereocenters. The number of nitrogens with two attached hydrogens (primary N) is 1. The Morgan fingerprint density at radius 3 is 2.88 bits per heavy atom. The maximum absolute atomic E-state index is 8.90. The second-order valence-corrected chi connectivity index (χ2v) is 5.69. The molecule has 1 heterocycles. The third-order valence-electron chi connectivity index (χ3n) is 3.48. The average Bonchev–Trinajstić information content (AvgIpc) is 2.99. The van der Waals surface area contributed by atoms with Crippen LogP contribution in [0.25, 0.3) is 22.6 Å². The zero-order chi connectivity index (χ0) is 18.0. The minimum absolute atomic E-state index is 0.193.